The van der Waals surface area contributed by atoms with Gasteiger partial charge < -0.3 is 9.84 Å². The van der Waals surface area contributed by atoms with Gasteiger partial charge in [-0.3, -0.25) is 0 Å². The molecule has 0 bridgehead atoms. The normalized spacial score (nSPS) is 9.30. The second-order valence-electron chi connectivity index (χ2n) is 1.63. The molecule has 0 aliphatic rings. The van der Waals surface area contributed by atoms with Gasteiger partial charge in [-0.05, 0) is 18.5 Å². The molecule has 0 aliphatic carbocycles. The molecular formula is C5H5NO3S. The Hall–Kier alpha value is -1.10. The van der Waals surface area contributed by atoms with Crippen LogP contribution in [0.1, 0.15) is 5.69 Å². The van der Waals surface area contributed by atoms with Gasteiger partial charge in [0.25, 0.3) is 0 Å². The maximum absolute atomic E-state index is 9.97. The summed E-state index contributed by atoms with van der Waals surface area (Å²) in [6, 6.07) is 0. The van der Waals surface area contributed by atoms with E-state index in [4.69, 9.17) is 5.11 Å². The molecule has 1 heterocycles. The molecule has 1 rings (SSSR count). The first kappa shape index (κ1) is 7.01. The molecule has 0 aliphatic heterocycles. The predicted molar refractivity (Wildman–Crippen MR) is 35.5 cm³/mol. The summed E-state index contributed by atoms with van der Waals surface area (Å²) >= 11 is 1.17. The molecule has 4 nitrogen and oxygen atoms in total. The fraction of sp³-hybridized carbons (Fsp3) is 0.200. The Bertz CT molecular complexity index is 245. The lowest BCUT2D eigenvalue weighted by Crippen LogP contribution is -2.02. The summed E-state index contributed by atoms with van der Waals surface area (Å²) in [7, 11) is 0. The Morgan fingerprint density at radius 1 is 1.90 bits per heavy atom. The van der Waals surface area contributed by atoms with Crippen LogP contribution in [0.25, 0.3) is 0 Å². The van der Waals surface area contributed by atoms with Gasteiger partial charge in [0.1, 0.15) is 0 Å². The summed E-state index contributed by atoms with van der Waals surface area (Å²) in [5, 5.41) is 9.71. The zero-order chi connectivity index (χ0) is 7.56. The van der Waals surface area contributed by atoms with Gasteiger partial charge >= 0.3 is 6.16 Å². The molecule has 5 heteroatoms. The lowest BCUT2D eigenvalue weighted by molar-refractivity contribution is 0.144. The van der Waals surface area contributed by atoms with Crippen molar-refractivity contribution in [1.82, 2.24) is 4.37 Å². The van der Waals surface area contributed by atoms with E-state index in [2.05, 4.69) is 9.11 Å². The third kappa shape index (κ3) is 1.44. The molecule has 0 atom stereocenters. The molecule has 1 aromatic rings. The van der Waals surface area contributed by atoms with Gasteiger partial charge in [-0.1, -0.05) is 0 Å². The van der Waals surface area contributed by atoms with E-state index in [9.17, 15) is 4.79 Å². The minimum Gasteiger partial charge on any atom is -0.449 e. The average Bonchev–Trinajstić information content (AvgIpc) is 2.15. The monoisotopic (exact) mass is 159 g/mol. The van der Waals surface area contributed by atoms with E-state index in [1.807, 2.05) is 0 Å². The first-order valence-corrected chi connectivity index (χ1v) is 3.35. The van der Waals surface area contributed by atoms with Gasteiger partial charge in [0, 0.05) is 0 Å². The van der Waals surface area contributed by atoms with E-state index in [1.165, 1.54) is 11.5 Å². The summed E-state index contributed by atoms with van der Waals surface area (Å²) in [6.45, 7) is 1.69. The number of aromatic nitrogens is 1. The molecule has 54 valence electrons. The molecule has 0 unspecified atom stereocenters. The van der Waals surface area contributed by atoms with Crippen LogP contribution in [0.3, 0.4) is 0 Å². The number of carboxylic acid groups (broad SMARTS) is 1. The molecule has 0 fully saturated rings. The van der Waals surface area contributed by atoms with Crippen molar-refractivity contribution in [2.24, 2.45) is 0 Å². The number of carbonyl (C=O) groups is 1. The van der Waals surface area contributed by atoms with Crippen LogP contribution >= 0.6 is 11.5 Å². The molecule has 0 saturated carbocycles. The van der Waals surface area contributed by atoms with Gasteiger partial charge in [-0.25, -0.2) is 4.79 Å². The zero-order valence-corrected chi connectivity index (χ0v) is 6.01. The van der Waals surface area contributed by atoms with Crippen LogP contribution in [0.5, 0.6) is 5.75 Å². The Kier molecular flexibility index (Phi) is 1.86. The standard InChI is InChI=1S/C5H5NO3S/c1-3-4(2-10-6-3)9-5(7)8/h2H,1H3,(H,7,8). The van der Waals surface area contributed by atoms with Crippen LogP contribution in [-0.2, 0) is 0 Å². The van der Waals surface area contributed by atoms with Crippen molar-refractivity contribution < 1.29 is 14.6 Å². The number of nitrogens with zero attached hydrogens (tertiary/aromatic N) is 1. The predicted octanol–water partition coefficient (Wildman–Crippen LogP) is 1.51. The second-order valence-corrected chi connectivity index (χ2v) is 2.26. The van der Waals surface area contributed by atoms with Crippen LogP contribution in [-0.4, -0.2) is 15.6 Å². The largest absolute Gasteiger partial charge is 0.511 e. The van der Waals surface area contributed by atoms with Crippen LogP contribution in [0.4, 0.5) is 4.79 Å². The van der Waals surface area contributed by atoms with E-state index < -0.39 is 6.16 Å². The van der Waals surface area contributed by atoms with Crippen molar-refractivity contribution in [1.29, 1.82) is 0 Å². The molecule has 0 aromatic carbocycles. The highest BCUT2D eigenvalue weighted by atomic mass is 32.1. The van der Waals surface area contributed by atoms with Gasteiger partial charge in [0.05, 0.1) is 11.1 Å². The summed E-state index contributed by atoms with van der Waals surface area (Å²) in [5.41, 5.74) is 0.604. The third-order valence-corrected chi connectivity index (χ3v) is 1.60. The topological polar surface area (TPSA) is 59.4 Å². The average molecular weight is 159 g/mol. The molecule has 10 heavy (non-hydrogen) atoms. The highest BCUT2D eigenvalue weighted by Gasteiger charge is 2.05. The highest BCUT2D eigenvalue weighted by molar-refractivity contribution is 7.03. The van der Waals surface area contributed by atoms with Gasteiger partial charge in [0.2, 0.25) is 0 Å². The van der Waals surface area contributed by atoms with Crippen LogP contribution in [0, 0.1) is 6.92 Å². The minimum atomic E-state index is -1.30. The SMILES string of the molecule is Cc1nscc1OC(=O)O. The molecule has 1 aromatic heterocycles. The fourth-order valence-corrected chi connectivity index (χ4v) is 1.09. The molecular weight excluding hydrogens is 154 g/mol. The van der Waals surface area contributed by atoms with Crippen molar-refractivity contribution >= 4 is 17.7 Å². The van der Waals surface area contributed by atoms with Crippen molar-refractivity contribution in [3.05, 3.63) is 11.1 Å². The number of rotatable bonds is 1. The fourth-order valence-electron chi connectivity index (χ4n) is 0.476. The Balaban J connectivity index is 2.74. The van der Waals surface area contributed by atoms with Gasteiger partial charge in [-0.15, -0.1) is 0 Å². The van der Waals surface area contributed by atoms with Crippen LogP contribution in [0.2, 0.25) is 0 Å². The lowest BCUT2D eigenvalue weighted by atomic mass is 10.5. The maximum atomic E-state index is 9.97. The molecule has 0 spiro atoms. The number of aryl methyl sites for hydroxylation is 1. The van der Waals surface area contributed by atoms with Gasteiger partial charge in [-0.2, -0.15) is 4.37 Å². The maximum Gasteiger partial charge on any atom is 0.511 e. The smallest absolute Gasteiger partial charge is 0.449 e. The summed E-state index contributed by atoms with van der Waals surface area (Å²) < 4.78 is 8.17. The quantitative estimate of drug-likeness (QED) is 0.631. The Morgan fingerprint density at radius 2 is 2.60 bits per heavy atom. The summed E-state index contributed by atoms with van der Waals surface area (Å²) in [6.07, 6.45) is -1.30. The molecule has 1 N–H and O–H groups in total. The molecule has 0 amide bonds. The molecule has 0 saturated heterocycles. The first-order valence-electron chi connectivity index (χ1n) is 2.52. The van der Waals surface area contributed by atoms with Crippen LogP contribution < -0.4 is 4.74 Å². The van der Waals surface area contributed by atoms with E-state index >= 15 is 0 Å². The number of ether oxygens (including phenoxy) is 1. The van der Waals surface area contributed by atoms with Crippen molar-refractivity contribution in [3.63, 3.8) is 0 Å². The van der Waals surface area contributed by atoms with Crippen molar-refractivity contribution in [2.45, 2.75) is 6.92 Å². The summed E-state index contributed by atoms with van der Waals surface area (Å²) in [5.74, 6) is 0.317. The number of hydrogen-bond donors (Lipinski definition) is 1. The highest BCUT2D eigenvalue weighted by Crippen LogP contribution is 2.17. The number of hydrogen-bond acceptors (Lipinski definition) is 4. The van der Waals surface area contributed by atoms with Crippen molar-refractivity contribution in [3.8, 4) is 5.75 Å². The summed E-state index contributed by atoms with van der Waals surface area (Å²) in [4.78, 5) is 9.97. The Morgan fingerprint density at radius 3 is 3.00 bits per heavy atom. The van der Waals surface area contributed by atoms with Crippen molar-refractivity contribution in [2.75, 3.05) is 0 Å². The van der Waals surface area contributed by atoms with Gasteiger partial charge in [0.15, 0.2) is 5.75 Å². The van der Waals surface area contributed by atoms with E-state index in [1.54, 1.807) is 12.3 Å². The third-order valence-electron chi connectivity index (χ3n) is 0.903. The zero-order valence-electron chi connectivity index (χ0n) is 5.20. The van der Waals surface area contributed by atoms with Crippen LogP contribution in [0.15, 0.2) is 5.38 Å². The van der Waals surface area contributed by atoms with E-state index in [0.29, 0.717) is 11.4 Å². The lowest BCUT2D eigenvalue weighted by Gasteiger charge is -1.93. The molecule has 0 radical (unpaired) electrons. The van der Waals surface area contributed by atoms with E-state index in [0.717, 1.165) is 0 Å². The first-order chi connectivity index (χ1) is 4.70. The Labute approximate surface area is 61.2 Å². The second kappa shape index (κ2) is 2.66. The van der Waals surface area contributed by atoms with E-state index in [-0.39, 0.29) is 0 Å². The minimum absolute atomic E-state index is 0.317.